The average molecular weight is 300 g/mol. The molecule has 1 aromatic carbocycles. The number of aryl methyl sites for hydroxylation is 1. The number of hydrogen-bond acceptors (Lipinski definition) is 3. The fourth-order valence-corrected chi connectivity index (χ4v) is 4.42. The highest BCUT2D eigenvalue weighted by Gasteiger charge is 2.71. The smallest absolute Gasteiger partial charge is 0.231 e. The van der Waals surface area contributed by atoms with Gasteiger partial charge in [0.05, 0.1) is 11.1 Å². The van der Waals surface area contributed by atoms with Gasteiger partial charge in [-0.15, -0.1) is 0 Å². The van der Waals surface area contributed by atoms with E-state index in [0.717, 1.165) is 24.2 Å². The van der Waals surface area contributed by atoms with E-state index in [9.17, 15) is 10.0 Å². The number of fused-ring (bicyclic) bond motifs is 2. The molecule has 0 radical (unpaired) electrons. The number of rotatable bonds is 2. The quantitative estimate of drug-likeness (QED) is 0.641. The summed E-state index contributed by atoms with van der Waals surface area (Å²) >= 11 is 0. The fraction of sp³-hybridized carbons (Fsp3) is 0.556. The highest BCUT2D eigenvalue weighted by Crippen LogP contribution is 2.71. The Morgan fingerprint density at radius 1 is 1.18 bits per heavy atom. The average Bonchev–Trinajstić information content (AvgIpc) is 2.79. The van der Waals surface area contributed by atoms with Gasteiger partial charge in [-0.3, -0.25) is 4.79 Å². The van der Waals surface area contributed by atoms with Crippen molar-refractivity contribution in [2.75, 3.05) is 5.32 Å². The Morgan fingerprint density at radius 2 is 1.82 bits per heavy atom. The zero-order valence-electron chi connectivity index (χ0n) is 13.7. The first-order valence-electron chi connectivity index (χ1n) is 7.86. The van der Waals surface area contributed by atoms with Crippen molar-refractivity contribution in [3.8, 4) is 0 Å². The molecule has 1 aromatic rings. The third-order valence-corrected chi connectivity index (χ3v) is 6.60. The Balaban J connectivity index is 1.93. The Morgan fingerprint density at radius 3 is 2.36 bits per heavy atom. The third kappa shape index (κ3) is 1.70. The Hall–Kier alpha value is -1.84. The molecule has 2 aliphatic carbocycles. The minimum Gasteiger partial charge on any atom is -0.411 e. The molecule has 2 fully saturated rings. The van der Waals surface area contributed by atoms with Crippen LogP contribution in [-0.2, 0) is 4.79 Å². The van der Waals surface area contributed by atoms with Crippen LogP contribution >= 0.6 is 0 Å². The van der Waals surface area contributed by atoms with Gasteiger partial charge in [-0.2, -0.15) is 0 Å². The lowest BCUT2D eigenvalue weighted by Crippen LogP contribution is -2.43. The second-order valence-electron chi connectivity index (χ2n) is 7.58. The van der Waals surface area contributed by atoms with Crippen molar-refractivity contribution >= 4 is 17.3 Å². The number of hydrogen-bond donors (Lipinski definition) is 2. The second kappa shape index (κ2) is 4.58. The summed E-state index contributed by atoms with van der Waals surface area (Å²) in [5.74, 6) is 0.0451. The van der Waals surface area contributed by atoms with Gasteiger partial charge in [-0.1, -0.05) is 43.6 Å². The van der Waals surface area contributed by atoms with Crippen molar-refractivity contribution in [3.05, 3.63) is 29.8 Å². The summed E-state index contributed by atoms with van der Waals surface area (Å²) in [4.78, 5) is 13.1. The van der Waals surface area contributed by atoms with E-state index < -0.39 is 5.41 Å². The van der Waals surface area contributed by atoms with Crippen LogP contribution < -0.4 is 5.32 Å². The molecule has 0 aromatic heterocycles. The van der Waals surface area contributed by atoms with E-state index in [2.05, 4.69) is 31.2 Å². The number of carbonyl (C=O) groups excluding carboxylic acids is 1. The summed E-state index contributed by atoms with van der Waals surface area (Å²) < 4.78 is 0. The maximum Gasteiger partial charge on any atom is 0.231 e. The lowest BCUT2D eigenvalue weighted by Gasteiger charge is -2.39. The van der Waals surface area contributed by atoms with Gasteiger partial charge < -0.3 is 10.5 Å². The predicted octanol–water partition coefficient (Wildman–Crippen LogP) is 3.98. The normalized spacial score (nSPS) is 34.1. The molecule has 0 spiro atoms. The largest absolute Gasteiger partial charge is 0.411 e. The molecule has 4 heteroatoms. The molecule has 2 N–H and O–H groups in total. The Bertz CT molecular complexity index is 648. The van der Waals surface area contributed by atoms with E-state index in [1.165, 1.54) is 5.56 Å². The highest BCUT2D eigenvalue weighted by atomic mass is 16.4. The van der Waals surface area contributed by atoms with Crippen molar-refractivity contribution in [2.45, 2.75) is 47.0 Å². The van der Waals surface area contributed by atoms with Crippen LogP contribution in [0.4, 0.5) is 5.69 Å². The van der Waals surface area contributed by atoms with E-state index in [-0.39, 0.29) is 16.7 Å². The molecule has 3 rings (SSSR count). The summed E-state index contributed by atoms with van der Waals surface area (Å²) in [5, 5.41) is 16.0. The molecule has 2 bridgehead atoms. The maximum atomic E-state index is 13.1. The summed E-state index contributed by atoms with van der Waals surface area (Å²) in [6, 6.07) is 7.85. The number of nitrogens with one attached hydrogen (secondary N) is 1. The Kier molecular flexibility index (Phi) is 3.13. The van der Waals surface area contributed by atoms with Gasteiger partial charge >= 0.3 is 0 Å². The molecule has 1 amide bonds. The van der Waals surface area contributed by atoms with Gasteiger partial charge in [0.25, 0.3) is 0 Å². The van der Waals surface area contributed by atoms with Crippen LogP contribution in [0.1, 0.15) is 45.6 Å². The molecule has 0 heterocycles. The first-order valence-corrected chi connectivity index (χ1v) is 7.86. The molecule has 0 saturated heterocycles. The van der Waals surface area contributed by atoms with Gasteiger partial charge in [0.1, 0.15) is 0 Å². The van der Waals surface area contributed by atoms with E-state index in [0.29, 0.717) is 6.42 Å². The van der Waals surface area contributed by atoms with Crippen molar-refractivity contribution < 1.29 is 10.0 Å². The van der Waals surface area contributed by atoms with Gasteiger partial charge in [-0.05, 0) is 37.3 Å². The van der Waals surface area contributed by atoms with Crippen molar-refractivity contribution in [1.29, 1.82) is 0 Å². The van der Waals surface area contributed by atoms with Crippen molar-refractivity contribution in [2.24, 2.45) is 21.4 Å². The number of amides is 1. The molecule has 2 aliphatic rings. The predicted molar refractivity (Wildman–Crippen MR) is 87.2 cm³/mol. The highest BCUT2D eigenvalue weighted by molar-refractivity contribution is 6.06. The molecule has 2 atom stereocenters. The molecule has 2 saturated carbocycles. The van der Waals surface area contributed by atoms with Gasteiger partial charge in [0.15, 0.2) is 0 Å². The van der Waals surface area contributed by atoms with Crippen LogP contribution in [0.25, 0.3) is 0 Å². The first kappa shape index (κ1) is 15.1. The van der Waals surface area contributed by atoms with E-state index >= 15 is 0 Å². The zero-order chi connectivity index (χ0) is 16.2. The standard InChI is InChI=1S/C18H24N2O2/c1-12-5-7-13(8-6-12)19-15(21)18-10-9-17(4,16(18,2)3)14(11-18)20-22/h5-8,22H,9-11H2,1-4H3,(H,19,21)/b20-14+. The van der Waals surface area contributed by atoms with Crippen molar-refractivity contribution in [3.63, 3.8) is 0 Å². The van der Waals surface area contributed by atoms with Crippen LogP contribution in [0.5, 0.6) is 0 Å². The molecule has 22 heavy (non-hydrogen) atoms. The number of nitrogens with zero attached hydrogens (tertiary/aromatic N) is 1. The van der Waals surface area contributed by atoms with Crippen molar-refractivity contribution in [1.82, 2.24) is 0 Å². The van der Waals surface area contributed by atoms with Gasteiger partial charge in [-0.25, -0.2) is 0 Å². The third-order valence-electron chi connectivity index (χ3n) is 6.60. The van der Waals surface area contributed by atoms with Crippen LogP contribution in [0.2, 0.25) is 0 Å². The van der Waals surface area contributed by atoms with E-state index in [1.54, 1.807) is 0 Å². The van der Waals surface area contributed by atoms with E-state index in [4.69, 9.17) is 0 Å². The summed E-state index contributed by atoms with van der Waals surface area (Å²) in [6.07, 6.45) is 2.28. The lowest BCUT2D eigenvalue weighted by atomic mass is 9.64. The number of carbonyl (C=O) groups is 1. The molecular formula is C18H24N2O2. The van der Waals surface area contributed by atoms with Gasteiger partial charge in [0.2, 0.25) is 5.91 Å². The SMILES string of the molecule is Cc1ccc(NC(=O)C23CCC(C)(/C(=N/O)C2)C3(C)C)cc1. The molecule has 0 aliphatic heterocycles. The van der Waals surface area contributed by atoms with Crippen LogP contribution in [-0.4, -0.2) is 16.8 Å². The van der Waals surface area contributed by atoms with E-state index in [1.807, 2.05) is 31.2 Å². The van der Waals surface area contributed by atoms with Gasteiger partial charge in [0, 0.05) is 17.5 Å². The molecule has 118 valence electrons. The molecule has 4 nitrogen and oxygen atoms in total. The zero-order valence-corrected chi connectivity index (χ0v) is 13.7. The Labute approximate surface area is 131 Å². The summed E-state index contributed by atoms with van der Waals surface area (Å²) in [6.45, 7) is 8.41. The number of oxime groups is 1. The summed E-state index contributed by atoms with van der Waals surface area (Å²) in [5.41, 5.74) is 1.84. The number of anilines is 1. The molecule has 2 unspecified atom stereocenters. The minimum atomic E-state index is -0.492. The fourth-order valence-electron chi connectivity index (χ4n) is 4.42. The lowest BCUT2D eigenvalue weighted by molar-refractivity contribution is -0.130. The molecular weight excluding hydrogens is 276 g/mol. The van der Waals surface area contributed by atoms with Crippen LogP contribution in [0.3, 0.4) is 0 Å². The minimum absolute atomic E-state index is 0.0451. The maximum absolute atomic E-state index is 13.1. The summed E-state index contributed by atoms with van der Waals surface area (Å²) in [7, 11) is 0. The van der Waals surface area contributed by atoms with Crippen LogP contribution in [0.15, 0.2) is 29.4 Å². The van der Waals surface area contributed by atoms with Crippen LogP contribution in [0, 0.1) is 23.2 Å². The topological polar surface area (TPSA) is 61.7 Å². The first-order chi connectivity index (χ1) is 10.3. The second-order valence-corrected chi connectivity index (χ2v) is 7.58. The number of benzene rings is 1. The monoisotopic (exact) mass is 300 g/mol.